The molecule has 5 nitrogen and oxygen atoms in total. The Morgan fingerprint density at radius 3 is 2.81 bits per heavy atom. The van der Waals surface area contributed by atoms with Gasteiger partial charge in [0.2, 0.25) is 0 Å². The molecule has 0 aliphatic heterocycles. The number of nitrogens with one attached hydrogen (secondary N) is 1. The summed E-state index contributed by atoms with van der Waals surface area (Å²) in [6.07, 6.45) is 6.91. The van der Waals surface area contributed by atoms with Crippen LogP contribution in [0.15, 0.2) is 36.8 Å². The van der Waals surface area contributed by atoms with Crippen molar-refractivity contribution in [2.75, 3.05) is 5.01 Å². The Morgan fingerprint density at radius 1 is 1.38 bits per heavy atom. The zero-order chi connectivity index (χ0) is 14.8. The largest absolute Gasteiger partial charge is 0.274 e. The number of carbonyl (C=O) groups is 1. The van der Waals surface area contributed by atoms with Gasteiger partial charge in [-0.1, -0.05) is 11.6 Å². The Hall–Kier alpha value is -1.98. The van der Waals surface area contributed by atoms with Crippen LogP contribution in [0.4, 0.5) is 5.69 Å². The molecular weight excluding hydrogens is 288 g/mol. The van der Waals surface area contributed by atoms with Gasteiger partial charge >= 0.3 is 0 Å². The summed E-state index contributed by atoms with van der Waals surface area (Å²) >= 11 is 6.20. The number of hydrazine groups is 1. The predicted octanol–water partition coefficient (Wildman–Crippen LogP) is 2.75. The second-order valence-corrected chi connectivity index (χ2v) is 5.41. The molecule has 1 amide bonds. The average Bonchev–Trinajstić information content (AvgIpc) is 3.30. The van der Waals surface area contributed by atoms with E-state index >= 15 is 0 Å². The van der Waals surface area contributed by atoms with E-state index in [1.54, 1.807) is 30.7 Å². The van der Waals surface area contributed by atoms with Gasteiger partial charge in [-0.3, -0.25) is 9.78 Å². The van der Waals surface area contributed by atoms with Crippen molar-refractivity contribution in [2.24, 2.45) is 0 Å². The van der Waals surface area contributed by atoms with E-state index in [4.69, 9.17) is 11.6 Å². The second kappa shape index (κ2) is 5.79. The third kappa shape index (κ3) is 3.04. The third-order valence-corrected chi connectivity index (χ3v) is 3.58. The fourth-order valence-electron chi connectivity index (χ4n) is 2.02. The highest BCUT2D eigenvalue weighted by Crippen LogP contribution is 2.30. The van der Waals surface area contributed by atoms with E-state index in [-0.39, 0.29) is 5.91 Å². The first-order chi connectivity index (χ1) is 10.2. The lowest BCUT2D eigenvalue weighted by molar-refractivity contribution is 0.0972. The van der Waals surface area contributed by atoms with Gasteiger partial charge in [-0.25, -0.2) is 15.4 Å². The maximum Gasteiger partial charge on any atom is 0.274 e. The lowest BCUT2D eigenvalue weighted by Gasteiger charge is -2.25. The Balaban J connectivity index is 1.99. The zero-order valence-corrected chi connectivity index (χ0v) is 12.3. The number of aromatic nitrogens is 2. The lowest BCUT2D eigenvalue weighted by Crippen LogP contribution is -2.45. The van der Waals surface area contributed by atoms with Gasteiger partial charge in [0.1, 0.15) is 5.69 Å². The Bertz CT molecular complexity index is 638. The van der Waals surface area contributed by atoms with E-state index in [1.807, 2.05) is 13.0 Å². The van der Waals surface area contributed by atoms with E-state index in [2.05, 4.69) is 15.4 Å². The van der Waals surface area contributed by atoms with Crippen molar-refractivity contribution in [1.82, 2.24) is 15.4 Å². The van der Waals surface area contributed by atoms with Crippen molar-refractivity contribution in [3.05, 3.63) is 53.1 Å². The quantitative estimate of drug-likeness (QED) is 0.697. The molecule has 0 spiro atoms. The van der Waals surface area contributed by atoms with E-state index < -0.39 is 0 Å². The van der Waals surface area contributed by atoms with Gasteiger partial charge in [0.25, 0.3) is 5.91 Å². The number of nitrogens with zero attached hydrogens (tertiary/aromatic N) is 3. The lowest BCUT2D eigenvalue weighted by atomic mass is 10.2. The van der Waals surface area contributed by atoms with Crippen LogP contribution in [-0.4, -0.2) is 21.9 Å². The van der Waals surface area contributed by atoms with Gasteiger partial charge in [-0.15, -0.1) is 0 Å². The van der Waals surface area contributed by atoms with Crippen molar-refractivity contribution in [1.29, 1.82) is 0 Å². The first-order valence-corrected chi connectivity index (χ1v) is 7.16. The molecule has 1 N–H and O–H groups in total. The molecule has 0 unspecified atom stereocenters. The number of rotatable bonds is 4. The van der Waals surface area contributed by atoms with Crippen LogP contribution in [0.25, 0.3) is 0 Å². The van der Waals surface area contributed by atoms with Crippen LogP contribution >= 0.6 is 11.6 Å². The molecule has 0 aromatic carbocycles. The summed E-state index contributed by atoms with van der Waals surface area (Å²) in [6, 6.07) is 5.61. The van der Waals surface area contributed by atoms with Crippen LogP contribution in [-0.2, 0) is 0 Å². The van der Waals surface area contributed by atoms with E-state index in [1.165, 1.54) is 5.01 Å². The van der Waals surface area contributed by atoms with E-state index in [0.29, 0.717) is 22.4 Å². The summed E-state index contributed by atoms with van der Waals surface area (Å²) in [5.74, 6) is -0.187. The van der Waals surface area contributed by atoms with Gasteiger partial charge in [-0.05, 0) is 43.5 Å². The number of aryl methyl sites for hydroxylation is 1. The van der Waals surface area contributed by atoms with Crippen molar-refractivity contribution < 1.29 is 4.79 Å². The van der Waals surface area contributed by atoms with Crippen molar-refractivity contribution in [3.63, 3.8) is 0 Å². The van der Waals surface area contributed by atoms with Crippen LogP contribution in [0.1, 0.15) is 28.8 Å². The smallest absolute Gasteiger partial charge is 0.267 e. The summed E-state index contributed by atoms with van der Waals surface area (Å²) in [6.45, 7) is 1.90. The summed E-state index contributed by atoms with van der Waals surface area (Å²) < 4.78 is 0. The van der Waals surface area contributed by atoms with Gasteiger partial charge in [-0.2, -0.15) is 0 Å². The summed E-state index contributed by atoms with van der Waals surface area (Å²) in [5, 5.41) is 1.81. The molecule has 0 bridgehead atoms. The predicted molar refractivity (Wildman–Crippen MR) is 81.2 cm³/mol. The maximum absolute atomic E-state index is 12.8. The third-order valence-electron chi connectivity index (χ3n) is 3.31. The first kappa shape index (κ1) is 14.0. The maximum atomic E-state index is 12.8. The molecule has 2 heterocycles. The molecule has 3 rings (SSSR count). The topological polar surface area (TPSA) is 58.1 Å². The van der Waals surface area contributed by atoms with Crippen molar-refractivity contribution >= 4 is 23.2 Å². The molecule has 1 fully saturated rings. The fourth-order valence-corrected chi connectivity index (χ4v) is 2.31. The highest BCUT2D eigenvalue weighted by atomic mass is 35.5. The van der Waals surface area contributed by atoms with Crippen LogP contribution < -0.4 is 10.4 Å². The number of pyridine rings is 2. The molecule has 2 aromatic rings. The number of hydrogen-bond donors (Lipinski definition) is 1. The molecule has 1 saturated carbocycles. The molecule has 6 heteroatoms. The Labute approximate surface area is 127 Å². The van der Waals surface area contributed by atoms with Crippen LogP contribution in [0.3, 0.4) is 0 Å². The Kier molecular flexibility index (Phi) is 3.86. The van der Waals surface area contributed by atoms with Crippen LogP contribution in [0.2, 0.25) is 5.15 Å². The number of halogens is 1. The van der Waals surface area contributed by atoms with Crippen LogP contribution in [0.5, 0.6) is 0 Å². The molecule has 2 aromatic heterocycles. The highest BCUT2D eigenvalue weighted by Gasteiger charge is 2.30. The van der Waals surface area contributed by atoms with Gasteiger partial charge < -0.3 is 0 Å². The molecular formula is C15H15ClN4O. The number of amides is 1. The fraction of sp³-hybridized carbons (Fsp3) is 0.267. The minimum Gasteiger partial charge on any atom is -0.267 e. The highest BCUT2D eigenvalue weighted by molar-refractivity contribution is 6.33. The number of anilines is 1. The van der Waals surface area contributed by atoms with Gasteiger partial charge in [0.05, 0.1) is 5.56 Å². The number of hydrogen-bond acceptors (Lipinski definition) is 4. The van der Waals surface area contributed by atoms with Crippen LogP contribution in [0, 0.1) is 6.92 Å². The monoisotopic (exact) mass is 302 g/mol. The standard InChI is InChI=1S/C15H15ClN4O/c1-10-6-8-18-14(16)13(10)20(19-12-4-5-12)15(21)11-3-2-7-17-9-11/h2-3,6-9,12,19H,4-5H2,1H3. The van der Waals surface area contributed by atoms with Crippen molar-refractivity contribution in [2.45, 2.75) is 25.8 Å². The average molecular weight is 303 g/mol. The zero-order valence-electron chi connectivity index (χ0n) is 11.6. The molecule has 0 atom stereocenters. The van der Waals surface area contributed by atoms with Crippen molar-refractivity contribution in [3.8, 4) is 0 Å². The molecule has 0 radical (unpaired) electrons. The summed E-state index contributed by atoms with van der Waals surface area (Å²) in [4.78, 5) is 20.8. The number of carbonyl (C=O) groups excluding carboxylic acids is 1. The first-order valence-electron chi connectivity index (χ1n) is 6.78. The van der Waals surface area contributed by atoms with Gasteiger partial charge in [0, 0.05) is 24.6 Å². The van der Waals surface area contributed by atoms with Gasteiger partial charge in [0.15, 0.2) is 5.15 Å². The second-order valence-electron chi connectivity index (χ2n) is 5.05. The molecule has 1 aliphatic carbocycles. The molecule has 108 valence electrons. The minimum absolute atomic E-state index is 0.187. The minimum atomic E-state index is -0.187. The molecule has 1 aliphatic rings. The SMILES string of the molecule is Cc1ccnc(Cl)c1N(NC1CC1)C(=O)c1cccnc1. The molecule has 0 saturated heterocycles. The van der Waals surface area contributed by atoms with E-state index in [0.717, 1.165) is 18.4 Å². The molecule has 21 heavy (non-hydrogen) atoms. The van der Waals surface area contributed by atoms with E-state index in [9.17, 15) is 4.79 Å². The Morgan fingerprint density at radius 2 is 2.19 bits per heavy atom. The summed E-state index contributed by atoms with van der Waals surface area (Å²) in [7, 11) is 0. The summed E-state index contributed by atoms with van der Waals surface area (Å²) in [5.41, 5.74) is 5.21. The normalized spacial score (nSPS) is 14.0.